The minimum atomic E-state index is -0.794. The monoisotopic (exact) mass is 524 g/mol. The Morgan fingerprint density at radius 2 is 1.76 bits per heavy atom. The Bertz CT molecular complexity index is 1130. The van der Waals surface area contributed by atoms with Crippen LogP contribution in [0.5, 0.6) is 0 Å². The van der Waals surface area contributed by atoms with Crippen molar-refractivity contribution in [1.82, 2.24) is 15.5 Å². The van der Waals surface area contributed by atoms with E-state index in [4.69, 9.17) is 9.47 Å². The molecule has 2 aromatic carbocycles. The number of fused-ring (bicyclic) bond motifs is 1. The summed E-state index contributed by atoms with van der Waals surface area (Å²) >= 11 is 0. The van der Waals surface area contributed by atoms with Crippen molar-refractivity contribution in [2.75, 3.05) is 45.3 Å². The maximum Gasteiger partial charge on any atom is 0.263 e. The lowest BCUT2D eigenvalue weighted by Gasteiger charge is -2.25. The van der Waals surface area contributed by atoms with Crippen LogP contribution in [0.3, 0.4) is 0 Å². The molecule has 11 heteroatoms. The molecule has 2 unspecified atom stereocenters. The second-order valence-electron chi connectivity index (χ2n) is 8.52. The van der Waals surface area contributed by atoms with Gasteiger partial charge in [0.25, 0.3) is 11.8 Å². The van der Waals surface area contributed by atoms with Gasteiger partial charge in [0.05, 0.1) is 37.0 Å². The minimum absolute atomic E-state index is 0.143. The van der Waals surface area contributed by atoms with Crippen LogP contribution in [0.2, 0.25) is 0 Å². The summed E-state index contributed by atoms with van der Waals surface area (Å²) in [5.74, 6) is -1.19. The molecular weight excluding hydrogens is 492 g/mol. The molecule has 202 valence electrons. The van der Waals surface area contributed by atoms with Crippen molar-refractivity contribution < 1.29 is 33.4 Å². The van der Waals surface area contributed by atoms with Crippen molar-refractivity contribution in [3.8, 4) is 0 Å². The molecule has 0 bridgehead atoms. The zero-order chi connectivity index (χ0) is 27.3. The Kier molecular flexibility index (Phi) is 10.9. The quantitative estimate of drug-likeness (QED) is 0.160. The fraction of sp³-hybridized carbons (Fsp3) is 0.370. The third-order valence-electron chi connectivity index (χ3n) is 6.03. The first-order valence-corrected chi connectivity index (χ1v) is 12.3. The van der Waals surface area contributed by atoms with E-state index in [-0.39, 0.29) is 44.3 Å². The molecule has 0 radical (unpaired) electrons. The van der Waals surface area contributed by atoms with Crippen molar-refractivity contribution in [2.24, 2.45) is 0 Å². The second kappa shape index (κ2) is 14.6. The second-order valence-corrected chi connectivity index (χ2v) is 8.52. The van der Waals surface area contributed by atoms with Gasteiger partial charge in [-0.05, 0) is 24.1 Å². The average Bonchev–Trinajstić information content (AvgIpc) is 3.19. The fourth-order valence-electron chi connectivity index (χ4n) is 4.27. The first-order chi connectivity index (χ1) is 18.5. The maximum absolute atomic E-state index is 13.2. The van der Waals surface area contributed by atoms with Gasteiger partial charge in [0.15, 0.2) is 0 Å². The Morgan fingerprint density at radius 3 is 2.47 bits per heavy atom. The average molecular weight is 525 g/mol. The SMILES string of the molecule is COCC(CCC=O)N1C(=O)c2cccc(NCCOCCNC(=O)C(NC=O)c3ccccc3)c2C1=O. The molecule has 0 aromatic heterocycles. The molecule has 4 amide bonds. The predicted octanol–water partition coefficient (Wildman–Crippen LogP) is 1.31. The summed E-state index contributed by atoms with van der Waals surface area (Å²) in [6.07, 6.45) is 1.78. The molecule has 1 heterocycles. The van der Waals surface area contributed by atoms with E-state index in [2.05, 4.69) is 16.0 Å². The van der Waals surface area contributed by atoms with Crippen molar-refractivity contribution >= 4 is 36.1 Å². The first-order valence-electron chi connectivity index (χ1n) is 12.3. The maximum atomic E-state index is 13.2. The van der Waals surface area contributed by atoms with Crippen LogP contribution < -0.4 is 16.0 Å². The Balaban J connectivity index is 1.48. The molecule has 1 aliphatic rings. The van der Waals surface area contributed by atoms with Gasteiger partial charge in [-0.25, -0.2) is 0 Å². The molecule has 0 saturated carbocycles. The molecule has 38 heavy (non-hydrogen) atoms. The molecule has 1 aliphatic heterocycles. The number of amides is 4. The zero-order valence-electron chi connectivity index (χ0n) is 21.2. The highest BCUT2D eigenvalue weighted by Crippen LogP contribution is 2.31. The lowest BCUT2D eigenvalue weighted by molar-refractivity contribution is -0.125. The Labute approximate surface area is 220 Å². The van der Waals surface area contributed by atoms with E-state index in [1.54, 1.807) is 42.5 Å². The Morgan fingerprint density at radius 1 is 1.00 bits per heavy atom. The van der Waals surface area contributed by atoms with Gasteiger partial charge in [-0.15, -0.1) is 0 Å². The van der Waals surface area contributed by atoms with Crippen LogP contribution >= 0.6 is 0 Å². The van der Waals surface area contributed by atoms with Crippen molar-refractivity contribution in [3.63, 3.8) is 0 Å². The molecule has 2 aromatic rings. The molecule has 11 nitrogen and oxygen atoms in total. The topological polar surface area (TPSA) is 143 Å². The van der Waals surface area contributed by atoms with Gasteiger partial charge in [-0.1, -0.05) is 36.4 Å². The first kappa shape index (κ1) is 28.5. The number of rotatable bonds is 17. The number of ether oxygens (including phenoxy) is 2. The molecule has 3 rings (SSSR count). The third-order valence-corrected chi connectivity index (χ3v) is 6.03. The molecule has 0 aliphatic carbocycles. The van der Waals surface area contributed by atoms with E-state index in [0.29, 0.717) is 36.2 Å². The predicted molar refractivity (Wildman–Crippen MR) is 139 cm³/mol. The summed E-state index contributed by atoms with van der Waals surface area (Å²) < 4.78 is 10.7. The number of methoxy groups -OCH3 is 1. The molecule has 3 N–H and O–H groups in total. The lowest BCUT2D eigenvalue weighted by atomic mass is 10.1. The standard InChI is InChI=1S/C27H32N4O7/c1-37-17-20(9-6-14-32)31-26(35)21-10-5-11-22(23(21)27(31)36)28-12-15-38-16-13-29-25(34)24(30-18-33)19-7-3-2-4-8-19/h2-5,7-8,10-11,14,18,20,24,28H,6,9,12-13,15-17H2,1H3,(H,29,34)(H,30,33). The highest BCUT2D eigenvalue weighted by atomic mass is 16.5. The van der Waals surface area contributed by atoms with Crippen LogP contribution in [0.1, 0.15) is 45.2 Å². The van der Waals surface area contributed by atoms with Gasteiger partial charge in [0, 0.05) is 32.3 Å². The fourth-order valence-corrected chi connectivity index (χ4v) is 4.27. The molecular formula is C27H32N4O7. The number of imide groups is 1. The van der Waals surface area contributed by atoms with Crippen LogP contribution in [0, 0.1) is 0 Å². The largest absolute Gasteiger partial charge is 0.383 e. The summed E-state index contributed by atoms with van der Waals surface area (Å²) in [5, 5.41) is 8.38. The highest BCUT2D eigenvalue weighted by molar-refractivity contribution is 6.24. The van der Waals surface area contributed by atoms with Crippen LogP contribution in [0.15, 0.2) is 48.5 Å². The number of hydrogen-bond acceptors (Lipinski definition) is 8. The van der Waals surface area contributed by atoms with Crippen LogP contribution in [-0.2, 0) is 23.9 Å². The number of hydrogen-bond donors (Lipinski definition) is 3. The van der Waals surface area contributed by atoms with E-state index < -0.39 is 23.9 Å². The number of nitrogens with zero attached hydrogens (tertiary/aromatic N) is 1. The number of anilines is 1. The molecule has 0 fully saturated rings. The van der Waals surface area contributed by atoms with E-state index in [0.717, 1.165) is 6.29 Å². The summed E-state index contributed by atoms with van der Waals surface area (Å²) in [5.41, 5.74) is 1.76. The number of aldehydes is 1. The summed E-state index contributed by atoms with van der Waals surface area (Å²) in [6.45, 7) is 1.27. The lowest BCUT2D eigenvalue weighted by Crippen LogP contribution is -2.42. The molecule has 0 spiro atoms. The minimum Gasteiger partial charge on any atom is -0.383 e. The molecule has 0 saturated heterocycles. The van der Waals surface area contributed by atoms with Crippen molar-refractivity contribution in [3.05, 3.63) is 65.2 Å². The van der Waals surface area contributed by atoms with Gasteiger partial charge >= 0.3 is 0 Å². The zero-order valence-corrected chi connectivity index (χ0v) is 21.2. The van der Waals surface area contributed by atoms with Gasteiger partial charge < -0.3 is 30.2 Å². The van der Waals surface area contributed by atoms with Gasteiger partial charge in [-0.2, -0.15) is 0 Å². The van der Waals surface area contributed by atoms with Gasteiger partial charge in [0.1, 0.15) is 12.3 Å². The van der Waals surface area contributed by atoms with E-state index in [1.807, 2.05) is 6.07 Å². The van der Waals surface area contributed by atoms with Gasteiger partial charge in [-0.3, -0.25) is 24.1 Å². The summed E-state index contributed by atoms with van der Waals surface area (Å²) in [4.78, 5) is 61.5. The summed E-state index contributed by atoms with van der Waals surface area (Å²) in [6, 6.07) is 12.6. The number of benzene rings is 2. The van der Waals surface area contributed by atoms with E-state index >= 15 is 0 Å². The van der Waals surface area contributed by atoms with Crippen LogP contribution in [0.25, 0.3) is 0 Å². The highest BCUT2D eigenvalue weighted by Gasteiger charge is 2.41. The number of nitrogens with one attached hydrogen (secondary N) is 3. The van der Waals surface area contributed by atoms with Crippen molar-refractivity contribution in [2.45, 2.75) is 24.9 Å². The van der Waals surface area contributed by atoms with E-state index in [1.165, 1.54) is 12.0 Å². The van der Waals surface area contributed by atoms with Crippen molar-refractivity contribution in [1.29, 1.82) is 0 Å². The summed E-state index contributed by atoms with van der Waals surface area (Å²) in [7, 11) is 1.48. The number of carbonyl (C=O) groups excluding carboxylic acids is 5. The van der Waals surface area contributed by atoms with Gasteiger partial charge in [0.2, 0.25) is 12.3 Å². The third kappa shape index (κ3) is 7.02. The Hall–Kier alpha value is -4.09. The normalized spacial score (nSPS) is 14.0. The van der Waals surface area contributed by atoms with Crippen LogP contribution in [-0.4, -0.2) is 81.4 Å². The molecule has 2 atom stereocenters. The number of carbonyl (C=O) groups is 5. The smallest absolute Gasteiger partial charge is 0.263 e. The van der Waals surface area contributed by atoms with E-state index in [9.17, 15) is 24.0 Å². The van der Waals surface area contributed by atoms with Crippen LogP contribution in [0.4, 0.5) is 5.69 Å².